The lowest BCUT2D eigenvalue weighted by atomic mass is 10.2. The lowest BCUT2D eigenvalue weighted by molar-refractivity contribution is 0.0724. The van der Waals surface area contributed by atoms with Crippen molar-refractivity contribution in [3.05, 3.63) is 52.5 Å². The van der Waals surface area contributed by atoms with Gasteiger partial charge in [0.2, 0.25) is 0 Å². The number of aromatic nitrogens is 3. The van der Waals surface area contributed by atoms with Crippen LogP contribution in [0.25, 0.3) is 0 Å². The highest BCUT2D eigenvalue weighted by Crippen LogP contribution is 2.29. The van der Waals surface area contributed by atoms with Crippen LogP contribution in [0.3, 0.4) is 0 Å². The molecular weight excluding hydrogens is 244 g/mol. The first-order valence-electron chi connectivity index (χ1n) is 6.21. The number of rotatable bonds is 4. The molecule has 1 saturated carbocycles. The highest BCUT2D eigenvalue weighted by atomic mass is 16.2. The molecule has 0 saturated heterocycles. The van der Waals surface area contributed by atoms with Gasteiger partial charge in [0.15, 0.2) is 0 Å². The van der Waals surface area contributed by atoms with Crippen LogP contribution in [0.4, 0.5) is 0 Å². The molecule has 2 aromatic heterocycles. The quantitative estimate of drug-likeness (QED) is 0.855. The Morgan fingerprint density at radius 2 is 2.11 bits per heavy atom. The minimum atomic E-state index is -0.358. The Labute approximate surface area is 109 Å². The maximum absolute atomic E-state index is 12.4. The fraction of sp³-hybridized carbons (Fsp3) is 0.308. The van der Waals surface area contributed by atoms with Crippen molar-refractivity contribution >= 4 is 5.91 Å². The second-order valence-electron chi connectivity index (χ2n) is 4.68. The Kier molecular flexibility index (Phi) is 2.91. The summed E-state index contributed by atoms with van der Waals surface area (Å²) in [5.41, 5.74) is 0.988. The average Bonchev–Trinajstić information content (AvgIpc) is 3.18. The van der Waals surface area contributed by atoms with Crippen LogP contribution >= 0.6 is 0 Å². The van der Waals surface area contributed by atoms with Crippen molar-refractivity contribution < 1.29 is 4.79 Å². The summed E-state index contributed by atoms with van der Waals surface area (Å²) in [5, 5.41) is 0. The van der Waals surface area contributed by atoms with Crippen LogP contribution in [0.5, 0.6) is 0 Å². The summed E-state index contributed by atoms with van der Waals surface area (Å²) in [6, 6.07) is 4.06. The standard InChI is InChI=1S/C13H14N4O2/c18-12(11-7-15-13(19)16-11)17(10-1-2-10)8-9-3-5-14-6-4-9/h3-7,10H,1-2,8H2,(H2,15,16,19). The highest BCUT2D eigenvalue weighted by molar-refractivity contribution is 5.92. The van der Waals surface area contributed by atoms with Crippen LogP contribution < -0.4 is 5.69 Å². The number of carbonyl (C=O) groups is 1. The third-order valence-corrected chi connectivity index (χ3v) is 3.18. The molecule has 0 atom stereocenters. The largest absolute Gasteiger partial charge is 0.330 e. The summed E-state index contributed by atoms with van der Waals surface area (Å²) in [6.45, 7) is 0.541. The summed E-state index contributed by atoms with van der Waals surface area (Å²) < 4.78 is 0. The van der Waals surface area contributed by atoms with E-state index in [1.54, 1.807) is 17.3 Å². The second kappa shape index (κ2) is 4.72. The molecule has 98 valence electrons. The van der Waals surface area contributed by atoms with E-state index in [-0.39, 0.29) is 17.6 Å². The van der Waals surface area contributed by atoms with Crippen molar-refractivity contribution in [2.24, 2.45) is 0 Å². The van der Waals surface area contributed by atoms with Gasteiger partial charge >= 0.3 is 5.69 Å². The molecule has 2 aromatic rings. The third kappa shape index (κ3) is 2.57. The summed E-state index contributed by atoms with van der Waals surface area (Å²) >= 11 is 0. The van der Waals surface area contributed by atoms with Crippen LogP contribution in [0, 0.1) is 0 Å². The molecule has 1 aliphatic rings. The van der Waals surface area contributed by atoms with E-state index in [1.807, 2.05) is 12.1 Å². The molecule has 6 heteroatoms. The molecule has 0 aromatic carbocycles. The molecule has 19 heavy (non-hydrogen) atoms. The summed E-state index contributed by atoms with van der Waals surface area (Å²) in [4.78, 5) is 34.2. The molecule has 2 N–H and O–H groups in total. The van der Waals surface area contributed by atoms with Crippen LogP contribution in [0.1, 0.15) is 28.9 Å². The average molecular weight is 258 g/mol. The van der Waals surface area contributed by atoms with Gasteiger partial charge in [-0.3, -0.25) is 9.78 Å². The lowest BCUT2D eigenvalue weighted by Gasteiger charge is -2.21. The number of nitrogens with zero attached hydrogens (tertiary/aromatic N) is 2. The predicted octanol–water partition coefficient (Wildman–Crippen LogP) is 0.903. The number of nitrogens with one attached hydrogen (secondary N) is 2. The first-order valence-corrected chi connectivity index (χ1v) is 6.21. The zero-order valence-corrected chi connectivity index (χ0v) is 10.3. The maximum atomic E-state index is 12.4. The topological polar surface area (TPSA) is 81.8 Å². The van der Waals surface area contributed by atoms with Crippen LogP contribution in [-0.2, 0) is 6.54 Å². The molecule has 2 heterocycles. The van der Waals surface area contributed by atoms with Gasteiger partial charge in [-0.1, -0.05) is 0 Å². The van der Waals surface area contributed by atoms with Crippen molar-refractivity contribution in [1.82, 2.24) is 19.9 Å². The Morgan fingerprint density at radius 1 is 1.37 bits per heavy atom. The minimum absolute atomic E-state index is 0.141. The molecule has 6 nitrogen and oxygen atoms in total. The van der Waals surface area contributed by atoms with E-state index in [1.165, 1.54) is 6.20 Å². The van der Waals surface area contributed by atoms with Gasteiger partial charge in [0, 0.05) is 31.2 Å². The number of carbonyl (C=O) groups excluding carboxylic acids is 1. The lowest BCUT2D eigenvalue weighted by Crippen LogP contribution is -2.33. The molecule has 0 unspecified atom stereocenters. The Bertz CT molecular complexity index is 627. The third-order valence-electron chi connectivity index (χ3n) is 3.18. The zero-order chi connectivity index (χ0) is 13.2. The van der Waals surface area contributed by atoms with Crippen LogP contribution in [0.2, 0.25) is 0 Å². The fourth-order valence-corrected chi connectivity index (χ4v) is 2.04. The van der Waals surface area contributed by atoms with Gasteiger partial charge in [-0.25, -0.2) is 4.79 Å². The van der Waals surface area contributed by atoms with Crippen molar-refractivity contribution in [3.63, 3.8) is 0 Å². The molecule has 3 rings (SSSR count). The Hall–Kier alpha value is -2.37. The number of hydrogen-bond acceptors (Lipinski definition) is 3. The van der Waals surface area contributed by atoms with E-state index in [0.29, 0.717) is 12.2 Å². The molecule has 1 fully saturated rings. The summed E-state index contributed by atoms with van der Waals surface area (Å²) in [6.07, 6.45) is 6.88. The van der Waals surface area contributed by atoms with Gasteiger partial charge in [-0.05, 0) is 30.5 Å². The van der Waals surface area contributed by atoms with Gasteiger partial charge in [-0.15, -0.1) is 0 Å². The van der Waals surface area contributed by atoms with E-state index in [9.17, 15) is 9.59 Å². The smallest absolute Gasteiger partial charge is 0.323 e. The van der Waals surface area contributed by atoms with Gasteiger partial charge in [0.25, 0.3) is 5.91 Å². The number of pyridine rings is 1. The Balaban J connectivity index is 1.81. The normalized spacial score (nSPS) is 14.3. The molecule has 1 aliphatic carbocycles. The summed E-state index contributed by atoms with van der Waals surface area (Å²) in [7, 11) is 0. The van der Waals surface area contributed by atoms with Gasteiger partial charge in [0.1, 0.15) is 5.69 Å². The molecule has 0 bridgehead atoms. The molecule has 0 radical (unpaired) electrons. The zero-order valence-electron chi connectivity index (χ0n) is 10.3. The first kappa shape index (κ1) is 11.7. The van der Waals surface area contributed by atoms with Crippen LogP contribution in [0.15, 0.2) is 35.5 Å². The molecule has 1 amide bonds. The Morgan fingerprint density at radius 3 is 2.68 bits per heavy atom. The van der Waals surface area contributed by atoms with Crippen LogP contribution in [-0.4, -0.2) is 31.8 Å². The van der Waals surface area contributed by atoms with E-state index >= 15 is 0 Å². The van der Waals surface area contributed by atoms with Crippen molar-refractivity contribution in [3.8, 4) is 0 Å². The number of imidazole rings is 1. The van der Waals surface area contributed by atoms with Gasteiger partial charge < -0.3 is 14.9 Å². The first-order chi connectivity index (χ1) is 9.24. The van der Waals surface area contributed by atoms with Crippen molar-refractivity contribution in [1.29, 1.82) is 0 Å². The van der Waals surface area contributed by atoms with E-state index in [4.69, 9.17) is 0 Å². The van der Waals surface area contributed by atoms with Crippen molar-refractivity contribution in [2.75, 3.05) is 0 Å². The van der Waals surface area contributed by atoms with E-state index in [0.717, 1.165) is 18.4 Å². The van der Waals surface area contributed by atoms with E-state index < -0.39 is 0 Å². The number of H-pyrrole nitrogens is 2. The van der Waals surface area contributed by atoms with Crippen molar-refractivity contribution in [2.45, 2.75) is 25.4 Å². The number of hydrogen-bond donors (Lipinski definition) is 2. The van der Waals surface area contributed by atoms with E-state index in [2.05, 4.69) is 15.0 Å². The molecular formula is C13H14N4O2. The predicted molar refractivity (Wildman–Crippen MR) is 68.5 cm³/mol. The maximum Gasteiger partial charge on any atom is 0.323 e. The van der Waals surface area contributed by atoms with Gasteiger partial charge in [-0.2, -0.15) is 0 Å². The SMILES string of the molecule is O=C(c1c[nH]c(=O)[nH]1)N(Cc1ccncc1)C1CC1. The van der Waals surface area contributed by atoms with Gasteiger partial charge in [0.05, 0.1) is 0 Å². The second-order valence-corrected chi connectivity index (χ2v) is 4.68. The highest BCUT2D eigenvalue weighted by Gasteiger charge is 2.33. The number of amides is 1. The summed E-state index contributed by atoms with van der Waals surface area (Å²) in [5.74, 6) is -0.141. The number of aromatic amines is 2. The molecule has 0 spiro atoms. The fourth-order valence-electron chi connectivity index (χ4n) is 2.04. The molecule has 0 aliphatic heterocycles. The monoisotopic (exact) mass is 258 g/mol. The minimum Gasteiger partial charge on any atom is -0.330 e.